The van der Waals surface area contributed by atoms with E-state index in [1.54, 1.807) is 11.5 Å². The number of anilines is 1. The van der Waals surface area contributed by atoms with Crippen LogP contribution in [0.25, 0.3) is 10.1 Å². The SMILES string of the molecule is c1ccc2c(c1)CN(c1nsc3ccccc13)C2. The molecule has 3 heteroatoms. The third kappa shape index (κ3) is 1.44. The molecule has 2 aromatic carbocycles. The normalized spacial score (nSPS) is 14.1. The highest BCUT2D eigenvalue weighted by Crippen LogP contribution is 2.34. The zero-order valence-corrected chi connectivity index (χ0v) is 10.7. The molecule has 0 N–H and O–H groups in total. The van der Waals surface area contributed by atoms with Gasteiger partial charge in [0.1, 0.15) is 0 Å². The Morgan fingerprint density at radius 1 is 0.889 bits per heavy atom. The average Bonchev–Trinajstić information content (AvgIpc) is 3.02. The number of fused-ring (bicyclic) bond motifs is 2. The van der Waals surface area contributed by atoms with Crippen LogP contribution < -0.4 is 4.90 Å². The second-order valence-electron chi connectivity index (χ2n) is 4.63. The van der Waals surface area contributed by atoms with Gasteiger partial charge < -0.3 is 4.90 Å². The summed E-state index contributed by atoms with van der Waals surface area (Å²) in [5.41, 5.74) is 2.85. The minimum absolute atomic E-state index is 0.976. The number of aromatic nitrogens is 1. The van der Waals surface area contributed by atoms with Crippen LogP contribution in [0.4, 0.5) is 5.82 Å². The summed E-state index contributed by atoms with van der Waals surface area (Å²) >= 11 is 1.59. The molecule has 3 aromatic rings. The zero-order valence-electron chi connectivity index (χ0n) is 9.84. The summed E-state index contributed by atoms with van der Waals surface area (Å²) in [6, 6.07) is 17.1. The highest BCUT2D eigenvalue weighted by Gasteiger charge is 2.21. The lowest BCUT2D eigenvalue weighted by atomic mass is 10.1. The van der Waals surface area contributed by atoms with Gasteiger partial charge in [0.15, 0.2) is 5.82 Å². The van der Waals surface area contributed by atoms with E-state index in [1.165, 1.54) is 21.2 Å². The fourth-order valence-corrected chi connectivity index (χ4v) is 3.38. The number of nitrogens with zero attached hydrogens (tertiary/aromatic N) is 2. The Hall–Kier alpha value is -1.87. The first-order valence-corrected chi connectivity index (χ1v) is 6.85. The molecule has 0 atom stereocenters. The molecule has 0 fully saturated rings. The van der Waals surface area contributed by atoms with Crippen LogP contribution in [0.2, 0.25) is 0 Å². The maximum absolute atomic E-state index is 4.63. The highest BCUT2D eigenvalue weighted by atomic mass is 32.1. The summed E-state index contributed by atoms with van der Waals surface area (Å²) in [6.45, 7) is 1.95. The van der Waals surface area contributed by atoms with E-state index < -0.39 is 0 Å². The maximum Gasteiger partial charge on any atom is 0.150 e. The number of benzene rings is 2. The van der Waals surface area contributed by atoms with Crippen molar-refractivity contribution in [2.24, 2.45) is 0 Å². The smallest absolute Gasteiger partial charge is 0.150 e. The molecule has 1 aliphatic heterocycles. The summed E-state index contributed by atoms with van der Waals surface area (Å²) in [7, 11) is 0. The molecule has 1 aliphatic rings. The van der Waals surface area contributed by atoms with Gasteiger partial charge in [-0.1, -0.05) is 36.4 Å². The summed E-state index contributed by atoms with van der Waals surface area (Å²) in [5.74, 6) is 1.13. The molecule has 0 saturated carbocycles. The third-order valence-electron chi connectivity index (χ3n) is 3.50. The second-order valence-corrected chi connectivity index (χ2v) is 5.43. The summed E-state index contributed by atoms with van der Waals surface area (Å²) in [6.07, 6.45) is 0. The van der Waals surface area contributed by atoms with Crippen molar-refractivity contribution in [3.05, 3.63) is 59.7 Å². The first kappa shape index (κ1) is 10.1. The van der Waals surface area contributed by atoms with Crippen LogP contribution in [0.15, 0.2) is 48.5 Å². The van der Waals surface area contributed by atoms with Crippen LogP contribution in [0, 0.1) is 0 Å². The van der Waals surface area contributed by atoms with E-state index in [1.807, 2.05) is 0 Å². The molecule has 0 saturated heterocycles. The molecule has 0 radical (unpaired) electrons. The number of hydrogen-bond donors (Lipinski definition) is 0. The zero-order chi connectivity index (χ0) is 11.9. The van der Waals surface area contributed by atoms with Crippen LogP contribution in [-0.4, -0.2) is 4.37 Å². The molecule has 0 unspecified atom stereocenters. The van der Waals surface area contributed by atoms with Crippen LogP contribution in [0.3, 0.4) is 0 Å². The topological polar surface area (TPSA) is 16.1 Å². The lowest BCUT2D eigenvalue weighted by Gasteiger charge is -2.14. The summed E-state index contributed by atoms with van der Waals surface area (Å²) < 4.78 is 5.90. The van der Waals surface area contributed by atoms with E-state index in [0.29, 0.717) is 0 Å². The molecule has 0 bridgehead atoms. The first-order chi connectivity index (χ1) is 8.92. The van der Waals surface area contributed by atoms with Crippen molar-refractivity contribution in [2.75, 3.05) is 4.90 Å². The standard InChI is InChI=1S/C15H12N2S/c1-2-6-12-10-17(9-11(12)5-1)15-13-7-3-4-8-14(13)18-16-15/h1-8H,9-10H2. The van der Waals surface area contributed by atoms with Crippen LogP contribution in [0.5, 0.6) is 0 Å². The molecule has 0 aliphatic carbocycles. The Kier molecular flexibility index (Phi) is 2.14. The predicted octanol–water partition coefficient (Wildman–Crippen LogP) is 3.82. The minimum atomic E-state index is 0.976. The molecule has 1 aromatic heterocycles. The molecule has 18 heavy (non-hydrogen) atoms. The van der Waals surface area contributed by atoms with Crippen LogP contribution >= 0.6 is 11.5 Å². The van der Waals surface area contributed by atoms with Gasteiger partial charge in [0.2, 0.25) is 0 Å². The van der Waals surface area contributed by atoms with Gasteiger partial charge in [-0.2, -0.15) is 4.37 Å². The summed E-state index contributed by atoms with van der Waals surface area (Å²) in [5, 5.41) is 1.27. The number of hydrogen-bond acceptors (Lipinski definition) is 3. The molecule has 4 rings (SSSR count). The highest BCUT2D eigenvalue weighted by molar-refractivity contribution is 7.13. The molecule has 2 nitrogen and oxygen atoms in total. The lowest BCUT2D eigenvalue weighted by Crippen LogP contribution is -2.14. The van der Waals surface area contributed by atoms with Gasteiger partial charge in [-0.25, -0.2) is 0 Å². The Morgan fingerprint density at radius 3 is 2.33 bits per heavy atom. The molecular weight excluding hydrogens is 240 g/mol. The van der Waals surface area contributed by atoms with Crippen molar-refractivity contribution in [1.29, 1.82) is 0 Å². The third-order valence-corrected chi connectivity index (χ3v) is 4.32. The monoisotopic (exact) mass is 252 g/mol. The second kappa shape index (κ2) is 3.82. The summed E-state index contributed by atoms with van der Waals surface area (Å²) in [4.78, 5) is 2.36. The van der Waals surface area contributed by atoms with Crippen LogP contribution in [-0.2, 0) is 13.1 Å². The molecule has 0 spiro atoms. The van der Waals surface area contributed by atoms with Crippen LogP contribution in [0.1, 0.15) is 11.1 Å². The van der Waals surface area contributed by atoms with Gasteiger partial charge in [-0.15, -0.1) is 0 Å². The fraction of sp³-hybridized carbons (Fsp3) is 0.133. The fourth-order valence-electron chi connectivity index (χ4n) is 2.58. The van der Waals surface area contributed by atoms with Crippen molar-refractivity contribution >= 4 is 27.4 Å². The van der Waals surface area contributed by atoms with Gasteiger partial charge >= 0.3 is 0 Å². The number of rotatable bonds is 1. The molecular formula is C15H12N2S. The molecule has 0 amide bonds. The van der Waals surface area contributed by atoms with Crippen molar-refractivity contribution in [3.8, 4) is 0 Å². The van der Waals surface area contributed by atoms with Gasteiger partial charge in [0, 0.05) is 18.5 Å². The van der Waals surface area contributed by atoms with E-state index in [4.69, 9.17) is 0 Å². The van der Waals surface area contributed by atoms with Gasteiger partial charge in [0.25, 0.3) is 0 Å². The Labute approximate surface area is 110 Å². The van der Waals surface area contributed by atoms with Crippen molar-refractivity contribution in [2.45, 2.75) is 13.1 Å². The lowest BCUT2D eigenvalue weighted by molar-refractivity contribution is 0.872. The molecule has 88 valence electrons. The Morgan fingerprint density at radius 2 is 1.56 bits per heavy atom. The predicted molar refractivity (Wildman–Crippen MR) is 75.9 cm³/mol. The van der Waals surface area contributed by atoms with E-state index in [2.05, 4.69) is 57.8 Å². The van der Waals surface area contributed by atoms with Gasteiger partial charge in [-0.05, 0) is 34.8 Å². The van der Waals surface area contributed by atoms with E-state index in [0.717, 1.165) is 18.9 Å². The Balaban J connectivity index is 1.78. The van der Waals surface area contributed by atoms with E-state index in [9.17, 15) is 0 Å². The quantitative estimate of drug-likeness (QED) is 0.654. The first-order valence-electron chi connectivity index (χ1n) is 6.08. The van der Waals surface area contributed by atoms with Gasteiger partial charge in [-0.3, -0.25) is 0 Å². The van der Waals surface area contributed by atoms with E-state index >= 15 is 0 Å². The van der Waals surface area contributed by atoms with Gasteiger partial charge in [0.05, 0.1) is 4.70 Å². The van der Waals surface area contributed by atoms with Crippen molar-refractivity contribution in [1.82, 2.24) is 4.37 Å². The average molecular weight is 252 g/mol. The van der Waals surface area contributed by atoms with Crippen molar-refractivity contribution in [3.63, 3.8) is 0 Å². The Bertz CT molecular complexity index is 692. The van der Waals surface area contributed by atoms with Crippen molar-refractivity contribution < 1.29 is 0 Å². The maximum atomic E-state index is 4.63. The van der Waals surface area contributed by atoms with E-state index in [-0.39, 0.29) is 0 Å². The minimum Gasteiger partial charge on any atom is -0.347 e. The largest absolute Gasteiger partial charge is 0.347 e. The molecule has 2 heterocycles.